The number of esters is 1. The highest BCUT2D eigenvalue weighted by atomic mass is 79.9. The molecule has 0 saturated carbocycles. The Labute approximate surface area is 156 Å². The van der Waals surface area contributed by atoms with Gasteiger partial charge in [0.25, 0.3) is 5.91 Å². The number of hydrogen-bond donors (Lipinski definition) is 1. The molecule has 0 spiro atoms. The minimum absolute atomic E-state index is 0.114. The van der Waals surface area contributed by atoms with Crippen molar-refractivity contribution in [2.24, 2.45) is 0 Å². The summed E-state index contributed by atoms with van der Waals surface area (Å²) in [5.74, 6) is -0.896. The third-order valence-corrected chi connectivity index (χ3v) is 3.89. The van der Waals surface area contributed by atoms with Crippen LogP contribution in [0.1, 0.15) is 35.7 Å². The van der Waals surface area contributed by atoms with Crippen LogP contribution in [0.4, 0.5) is 0 Å². The van der Waals surface area contributed by atoms with Crippen LogP contribution in [0.2, 0.25) is 0 Å². The molecule has 1 amide bonds. The first kappa shape index (κ1) is 18.9. The first-order valence-electron chi connectivity index (χ1n) is 8.11. The SMILES string of the molecule is CCCCOC(=O)C(=Cc1cccc(Br)c1)NC(=O)c1ccccc1. The Kier molecular flexibility index (Phi) is 7.41. The van der Waals surface area contributed by atoms with Gasteiger partial charge in [-0.05, 0) is 42.3 Å². The zero-order chi connectivity index (χ0) is 18.1. The van der Waals surface area contributed by atoms with Crippen molar-refractivity contribution >= 4 is 33.9 Å². The monoisotopic (exact) mass is 401 g/mol. The summed E-state index contributed by atoms with van der Waals surface area (Å²) in [5.41, 5.74) is 1.37. The number of unbranched alkanes of at least 4 members (excludes halogenated alkanes) is 1. The number of hydrogen-bond acceptors (Lipinski definition) is 3. The molecule has 0 bridgehead atoms. The van der Waals surface area contributed by atoms with E-state index in [1.54, 1.807) is 30.3 Å². The Bertz CT molecular complexity index is 757. The number of ether oxygens (including phenoxy) is 1. The second kappa shape index (κ2) is 9.79. The molecule has 0 radical (unpaired) electrons. The predicted molar refractivity (Wildman–Crippen MR) is 102 cm³/mol. The molecule has 2 aromatic rings. The standard InChI is InChI=1S/C20H20BrNO3/c1-2-3-12-25-20(24)18(14-15-8-7-11-17(21)13-15)22-19(23)16-9-5-4-6-10-16/h4-11,13-14H,2-3,12H2,1H3,(H,22,23). The van der Waals surface area contributed by atoms with Gasteiger partial charge in [-0.2, -0.15) is 0 Å². The van der Waals surface area contributed by atoms with Crippen molar-refractivity contribution in [2.75, 3.05) is 6.61 Å². The predicted octanol–water partition coefficient (Wildman–Crippen LogP) is 4.56. The average molecular weight is 402 g/mol. The molecule has 0 aliphatic carbocycles. The minimum atomic E-state index is -0.544. The molecule has 0 saturated heterocycles. The van der Waals surface area contributed by atoms with Crippen LogP contribution < -0.4 is 5.32 Å². The van der Waals surface area contributed by atoms with E-state index >= 15 is 0 Å². The molecular formula is C20H20BrNO3. The molecule has 5 heteroatoms. The summed E-state index contributed by atoms with van der Waals surface area (Å²) in [6, 6.07) is 16.2. The van der Waals surface area contributed by atoms with E-state index in [4.69, 9.17) is 4.74 Å². The smallest absolute Gasteiger partial charge is 0.354 e. The third kappa shape index (κ3) is 6.19. The molecule has 2 rings (SSSR count). The zero-order valence-corrected chi connectivity index (χ0v) is 15.6. The second-order valence-corrected chi connectivity index (χ2v) is 6.34. The van der Waals surface area contributed by atoms with Crippen molar-refractivity contribution in [2.45, 2.75) is 19.8 Å². The minimum Gasteiger partial charge on any atom is -0.461 e. The van der Waals surface area contributed by atoms with Crippen LogP contribution in [-0.2, 0) is 9.53 Å². The molecule has 0 aromatic heterocycles. The van der Waals surface area contributed by atoms with Gasteiger partial charge >= 0.3 is 5.97 Å². The highest BCUT2D eigenvalue weighted by Crippen LogP contribution is 2.15. The largest absolute Gasteiger partial charge is 0.461 e. The van der Waals surface area contributed by atoms with Gasteiger partial charge in [0.05, 0.1) is 6.61 Å². The average Bonchev–Trinajstić information content (AvgIpc) is 2.62. The van der Waals surface area contributed by atoms with E-state index < -0.39 is 5.97 Å². The molecule has 4 nitrogen and oxygen atoms in total. The van der Waals surface area contributed by atoms with Crippen molar-refractivity contribution < 1.29 is 14.3 Å². The molecule has 0 aliphatic rings. The lowest BCUT2D eigenvalue weighted by molar-refractivity contribution is -0.139. The van der Waals surface area contributed by atoms with Crippen LogP contribution in [0.15, 0.2) is 64.8 Å². The van der Waals surface area contributed by atoms with Crippen molar-refractivity contribution in [3.63, 3.8) is 0 Å². The van der Waals surface area contributed by atoms with Crippen LogP contribution in [0.5, 0.6) is 0 Å². The number of nitrogens with one attached hydrogen (secondary N) is 1. The molecule has 1 N–H and O–H groups in total. The first-order chi connectivity index (χ1) is 12.1. The van der Waals surface area contributed by atoms with Crippen molar-refractivity contribution in [3.05, 3.63) is 75.9 Å². The van der Waals surface area contributed by atoms with E-state index in [2.05, 4.69) is 21.2 Å². The number of amides is 1. The van der Waals surface area contributed by atoms with E-state index in [9.17, 15) is 9.59 Å². The molecule has 0 unspecified atom stereocenters. The Hall–Kier alpha value is -2.40. The molecule has 2 aromatic carbocycles. The maximum atomic E-state index is 12.4. The van der Waals surface area contributed by atoms with Gasteiger partial charge in [-0.3, -0.25) is 4.79 Å². The summed E-state index contributed by atoms with van der Waals surface area (Å²) < 4.78 is 6.13. The zero-order valence-electron chi connectivity index (χ0n) is 14.0. The molecule has 130 valence electrons. The third-order valence-electron chi connectivity index (χ3n) is 3.39. The number of rotatable bonds is 7. The van der Waals surface area contributed by atoms with Crippen molar-refractivity contribution in [1.82, 2.24) is 5.32 Å². The van der Waals surface area contributed by atoms with Crippen molar-refractivity contribution in [1.29, 1.82) is 0 Å². The molecule has 0 heterocycles. The Morgan fingerprint density at radius 1 is 1.12 bits per heavy atom. The summed E-state index contributed by atoms with van der Waals surface area (Å²) in [7, 11) is 0. The fraction of sp³-hybridized carbons (Fsp3) is 0.200. The van der Waals surface area contributed by atoms with Gasteiger partial charge in [0.2, 0.25) is 0 Å². The number of halogens is 1. The normalized spacial score (nSPS) is 11.0. The van der Waals surface area contributed by atoms with Gasteiger partial charge in [-0.25, -0.2) is 4.79 Å². The topological polar surface area (TPSA) is 55.4 Å². The lowest BCUT2D eigenvalue weighted by atomic mass is 10.1. The van der Waals surface area contributed by atoms with Crippen LogP contribution >= 0.6 is 15.9 Å². The first-order valence-corrected chi connectivity index (χ1v) is 8.90. The summed E-state index contributed by atoms with van der Waals surface area (Å²) in [5, 5.41) is 2.66. The summed E-state index contributed by atoms with van der Waals surface area (Å²) in [4.78, 5) is 24.7. The quantitative estimate of drug-likeness (QED) is 0.420. The van der Waals surface area contributed by atoms with Gasteiger partial charge in [0.15, 0.2) is 0 Å². The van der Waals surface area contributed by atoms with Crippen LogP contribution in [0.25, 0.3) is 6.08 Å². The summed E-state index contributed by atoms with van der Waals surface area (Å²) in [6.07, 6.45) is 3.32. The van der Waals surface area contributed by atoms with Gasteiger partial charge < -0.3 is 10.1 Å². The maximum Gasteiger partial charge on any atom is 0.354 e. The lowest BCUT2D eigenvalue weighted by Gasteiger charge is -2.10. The van der Waals surface area contributed by atoms with E-state index in [-0.39, 0.29) is 11.6 Å². The van der Waals surface area contributed by atoms with E-state index in [1.807, 2.05) is 37.3 Å². The Morgan fingerprint density at radius 3 is 2.56 bits per heavy atom. The van der Waals surface area contributed by atoms with E-state index in [0.29, 0.717) is 12.2 Å². The van der Waals surface area contributed by atoms with Gasteiger partial charge in [0.1, 0.15) is 5.70 Å². The van der Waals surface area contributed by atoms with Gasteiger partial charge in [0, 0.05) is 10.0 Å². The lowest BCUT2D eigenvalue weighted by Crippen LogP contribution is -2.28. The number of carbonyl (C=O) groups is 2. The van der Waals surface area contributed by atoms with Crippen LogP contribution in [0, 0.1) is 0 Å². The number of benzene rings is 2. The molecule has 25 heavy (non-hydrogen) atoms. The number of carbonyl (C=O) groups excluding carboxylic acids is 2. The summed E-state index contributed by atoms with van der Waals surface area (Å²) >= 11 is 3.40. The van der Waals surface area contributed by atoms with Gasteiger partial charge in [-0.1, -0.05) is 59.6 Å². The molecule has 0 aliphatic heterocycles. The highest BCUT2D eigenvalue weighted by Gasteiger charge is 2.15. The van der Waals surface area contributed by atoms with Crippen LogP contribution in [-0.4, -0.2) is 18.5 Å². The summed E-state index contributed by atoms with van der Waals surface area (Å²) in [6.45, 7) is 2.34. The molecular weight excluding hydrogens is 382 g/mol. The Balaban J connectivity index is 2.22. The maximum absolute atomic E-state index is 12.4. The Morgan fingerprint density at radius 2 is 1.88 bits per heavy atom. The molecule has 0 atom stereocenters. The van der Waals surface area contributed by atoms with Crippen molar-refractivity contribution in [3.8, 4) is 0 Å². The molecule has 0 fully saturated rings. The van der Waals surface area contributed by atoms with E-state index in [0.717, 1.165) is 22.9 Å². The fourth-order valence-corrected chi connectivity index (χ4v) is 2.50. The van der Waals surface area contributed by atoms with E-state index in [1.165, 1.54) is 0 Å². The second-order valence-electron chi connectivity index (χ2n) is 5.42. The highest BCUT2D eigenvalue weighted by molar-refractivity contribution is 9.10. The van der Waals surface area contributed by atoms with Gasteiger partial charge in [-0.15, -0.1) is 0 Å². The fourth-order valence-electron chi connectivity index (χ4n) is 2.08. The van der Waals surface area contributed by atoms with Crippen LogP contribution in [0.3, 0.4) is 0 Å².